The molecular formula is C16H34N2O. The van der Waals surface area contributed by atoms with Gasteiger partial charge in [-0.25, -0.2) is 0 Å². The van der Waals surface area contributed by atoms with E-state index in [1.54, 1.807) is 0 Å². The van der Waals surface area contributed by atoms with Crippen molar-refractivity contribution in [3.8, 4) is 0 Å². The lowest BCUT2D eigenvalue weighted by Gasteiger charge is -2.41. The van der Waals surface area contributed by atoms with Crippen molar-refractivity contribution < 1.29 is 4.74 Å². The van der Waals surface area contributed by atoms with Crippen molar-refractivity contribution in [3.05, 3.63) is 0 Å². The number of nitrogens with one attached hydrogen (secondary N) is 1. The second-order valence-corrected chi connectivity index (χ2v) is 7.23. The zero-order valence-corrected chi connectivity index (χ0v) is 13.4. The molecule has 0 aliphatic heterocycles. The lowest BCUT2D eigenvalue weighted by molar-refractivity contribution is -0.0802. The summed E-state index contributed by atoms with van der Waals surface area (Å²) in [6.45, 7) is 9.76. The molecule has 0 aromatic carbocycles. The molecule has 3 heteroatoms. The van der Waals surface area contributed by atoms with Crippen LogP contribution in [0.3, 0.4) is 0 Å². The molecule has 0 bridgehead atoms. The van der Waals surface area contributed by atoms with Crippen LogP contribution in [0, 0.1) is 5.41 Å². The summed E-state index contributed by atoms with van der Waals surface area (Å²) in [5.74, 6) is 5.87. The van der Waals surface area contributed by atoms with E-state index in [0.717, 1.165) is 25.9 Å². The Labute approximate surface area is 119 Å². The molecule has 1 aliphatic carbocycles. The molecule has 3 N–H and O–H groups in total. The second-order valence-electron chi connectivity index (χ2n) is 7.23. The van der Waals surface area contributed by atoms with Crippen LogP contribution in [0.15, 0.2) is 0 Å². The maximum atomic E-state index is 6.23. The molecule has 0 spiro atoms. The summed E-state index contributed by atoms with van der Waals surface area (Å²) in [7, 11) is 0. The molecule has 1 aliphatic rings. The van der Waals surface area contributed by atoms with Gasteiger partial charge in [0, 0.05) is 6.61 Å². The number of hydrogen-bond donors (Lipinski definition) is 2. The van der Waals surface area contributed by atoms with Crippen LogP contribution in [-0.2, 0) is 4.74 Å². The monoisotopic (exact) mass is 270 g/mol. The molecule has 0 aromatic rings. The molecule has 0 saturated heterocycles. The summed E-state index contributed by atoms with van der Waals surface area (Å²) < 4.78 is 6.23. The van der Waals surface area contributed by atoms with E-state index in [9.17, 15) is 0 Å². The first-order valence-corrected chi connectivity index (χ1v) is 8.03. The maximum absolute atomic E-state index is 6.23. The first-order valence-electron chi connectivity index (χ1n) is 8.03. The average Bonchev–Trinajstić information content (AvgIpc) is 2.55. The van der Waals surface area contributed by atoms with E-state index in [-0.39, 0.29) is 11.6 Å². The topological polar surface area (TPSA) is 47.3 Å². The average molecular weight is 270 g/mol. The van der Waals surface area contributed by atoms with Gasteiger partial charge in [-0.1, -0.05) is 46.5 Å². The van der Waals surface area contributed by atoms with Crippen molar-refractivity contribution in [1.82, 2.24) is 5.43 Å². The molecule has 0 amide bonds. The largest absolute Gasteiger partial charge is 0.374 e. The highest BCUT2D eigenvalue weighted by molar-refractivity contribution is 4.94. The van der Waals surface area contributed by atoms with Crippen LogP contribution in [0.4, 0.5) is 0 Å². The van der Waals surface area contributed by atoms with Crippen molar-refractivity contribution >= 4 is 0 Å². The fourth-order valence-electron chi connectivity index (χ4n) is 3.28. The van der Waals surface area contributed by atoms with Gasteiger partial charge < -0.3 is 4.74 Å². The second kappa shape index (κ2) is 7.61. The summed E-state index contributed by atoms with van der Waals surface area (Å²) in [5, 5.41) is 0. The van der Waals surface area contributed by atoms with E-state index in [0.29, 0.717) is 5.41 Å². The third-order valence-electron chi connectivity index (χ3n) is 4.40. The van der Waals surface area contributed by atoms with Crippen LogP contribution in [0.2, 0.25) is 0 Å². The molecule has 1 atom stereocenters. The van der Waals surface area contributed by atoms with Crippen LogP contribution in [-0.4, -0.2) is 18.2 Å². The molecule has 1 saturated carbocycles. The molecule has 114 valence electrons. The van der Waals surface area contributed by atoms with Crippen molar-refractivity contribution in [2.75, 3.05) is 6.61 Å². The molecule has 1 unspecified atom stereocenters. The fourth-order valence-corrected chi connectivity index (χ4v) is 3.28. The molecule has 19 heavy (non-hydrogen) atoms. The van der Waals surface area contributed by atoms with Crippen LogP contribution in [0.1, 0.15) is 79.1 Å². The Hall–Kier alpha value is -0.120. The first kappa shape index (κ1) is 16.9. The Morgan fingerprint density at radius 1 is 1.16 bits per heavy atom. The smallest absolute Gasteiger partial charge is 0.0848 e. The van der Waals surface area contributed by atoms with Gasteiger partial charge in [-0.15, -0.1) is 0 Å². The van der Waals surface area contributed by atoms with Gasteiger partial charge in [-0.3, -0.25) is 11.3 Å². The van der Waals surface area contributed by atoms with E-state index < -0.39 is 0 Å². The highest BCUT2D eigenvalue weighted by Gasteiger charge is 2.39. The van der Waals surface area contributed by atoms with Crippen molar-refractivity contribution in [2.24, 2.45) is 11.3 Å². The maximum Gasteiger partial charge on any atom is 0.0848 e. The highest BCUT2D eigenvalue weighted by Crippen LogP contribution is 2.36. The van der Waals surface area contributed by atoms with Gasteiger partial charge >= 0.3 is 0 Å². The van der Waals surface area contributed by atoms with E-state index in [1.165, 1.54) is 32.1 Å². The molecule has 0 heterocycles. The molecule has 1 rings (SSSR count). The third kappa shape index (κ3) is 5.41. The normalized spacial score (nSPS) is 21.9. The number of hydrazine groups is 1. The minimum absolute atomic E-state index is 0.0365. The molecular weight excluding hydrogens is 236 g/mol. The summed E-state index contributed by atoms with van der Waals surface area (Å²) in [5.41, 5.74) is 3.39. The Bertz CT molecular complexity index is 240. The van der Waals surface area contributed by atoms with Gasteiger partial charge in [0.05, 0.1) is 11.6 Å². The summed E-state index contributed by atoms with van der Waals surface area (Å²) in [6.07, 6.45) is 9.80. The summed E-state index contributed by atoms with van der Waals surface area (Å²) in [6, 6.07) is 0.282. The number of rotatable bonds is 6. The Morgan fingerprint density at radius 3 is 2.16 bits per heavy atom. The van der Waals surface area contributed by atoms with Crippen molar-refractivity contribution in [1.29, 1.82) is 0 Å². The predicted octanol–water partition coefficient (Wildman–Crippen LogP) is 3.77. The van der Waals surface area contributed by atoms with Gasteiger partial charge in [-0.2, -0.15) is 0 Å². The molecule has 3 nitrogen and oxygen atoms in total. The van der Waals surface area contributed by atoms with E-state index in [1.807, 2.05) is 0 Å². The van der Waals surface area contributed by atoms with E-state index >= 15 is 0 Å². The van der Waals surface area contributed by atoms with Gasteiger partial charge in [0.15, 0.2) is 0 Å². The number of hydrogen-bond acceptors (Lipinski definition) is 3. The van der Waals surface area contributed by atoms with Gasteiger partial charge in [0.25, 0.3) is 0 Å². The molecule has 0 aromatic heterocycles. The van der Waals surface area contributed by atoms with Gasteiger partial charge in [-0.05, 0) is 38.0 Å². The number of nitrogens with two attached hydrogens (primary N) is 1. The lowest BCUT2D eigenvalue weighted by atomic mass is 9.80. The first-order chi connectivity index (χ1) is 8.93. The van der Waals surface area contributed by atoms with Crippen LogP contribution in [0.5, 0.6) is 0 Å². The fraction of sp³-hybridized carbons (Fsp3) is 1.00. The minimum atomic E-state index is -0.0365. The van der Waals surface area contributed by atoms with Crippen molar-refractivity contribution in [2.45, 2.75) is 90.7 Å². The Balaban J connectivity index is 2.74. The molecule has 0 radical (unpaired) electrons. The van der Waals surface area contributed by atoms with Crippen LogP contribution >= 0.6 is 0 Å². The minimum Gasteiger partial charge on any atom is -0.374 e. The van der Waals surface area contributed by atoms with Crippen LogP contribution < -0.4 is 11.3 Å². The quantitative estimate of drug-likeness (QED) is 0.439. The van der Waals surface area contributed by atoms with Gasteiger partial charge in [0.1, 0.15) is 0 Å². The highest BCUT2D eigenvalue weighted by atomic mass is 16.5. The zero-order chi connectivity index (χ0) is 14.4. The third-order valence-corrected chi connectivity index (χ3v) is 4.40. The van der Waals surface area contributed by atoms with Crippen molar-refractivity contribution in [3.63, 3.8) is 0 Å². The standard InChI is InChI=1S/C16H34N2O/c1-5-19-16(11-8-6-7-9-12-16)14(18-17)10-13-15(2,3)4/h14,18H,5-13,17H2,1-4H3. The van der Waals surface area contributed by atoms with Gasteiger partial charge in [0.2, 0.25) is 0 Å². The number of ether oxygens (including phenoxy) is 1. The summed E-state index contributed by atoms with van der Waals surface area (Å²) >= 11 is 0. The molecule has 1 fully saturated rings. The van der Waals surface area contributed by atoms with E-state index in [4.69, 9.17) is 10.6 Å². The van der Waals surface area contributed by atoms with E-state index in [2.05, 4.69) is 33.1 Å². The zero-order valence-electron chi connectivity index (χ0n) is 13.4. The Kier molecular flexibility index (Phi) is 6.78. The Morgan fingerprint density at radius 2 is 1.74 bits per heavy atom. The predicted molar refractivity (Wildman–Crippen MR) is 81.9 cm³/mol. The lowest BCUT2D eigenvalue weighted by Crippen LogP contribution is -2.55. The van der Waals surface area contributed by atoms with Crippen LogP contribution in [0.25, 0.3) is 0 Å². The SMILES string of the molecule is CCOC1(C(CCC(C)(C)C)NN)CCCCCC1. The summed E-state index contributed by atoms with van der Waals surface area (Å²) in [4.78, 5) is 0.